The monoisotopic (exact) mass is 296 g/mol. The summed E-state index contributed by atoms with van der Waals surface area (Å²) >= 11 is 0. The van der Waals surface area contributed by atoms with Crippen molar-refractivity contribution in [2.45, 2.75) is 33.3 Å². The van der Waals surface area contributed by atoms with Crippen LogP contribution in [0.5, 0.6) is 0 Å². The van der Waals surface area contributed by atoms with E-state index in [4.69, 9.17) is 9.25 Å². The van der Waals surface area contributed by atoms with E-state index >= 15 is 0 Å². The molecular formula is C18H20N2O2. The third-order valence-corrected chi connectivity index (χ3v) is 3.15. The average Bonchev–Trinajstić information content (AvgIpc) is 2.88. The highest BCUT2D eigenvalue weighted by Gasteiger charge is 2.11. The number of oxazole rings is 1. The molecule has 3 rings (SSSR count). The molecule has 0 unspecified atom stereocenters. The molecule has 0 radical (unpaired) electrons. The highest BCUT2D eigenvalue weighted by molar-refractivity contribution is 5.77. The fourth-order valence-corrected chi connectivity index (χ4v) is 2.05. The summed E-state index contributed by atoms with van der Waals surface area (Å²) < 4.78 is 5.80. The predicted molar refractivity (Wildman–Crippen MR) is 88.6 cm³/mol. The molecule has 0 atom stereocenters. The highest BCUT2D eigenvalue weighted by atomic mass is 16.7. The number of nitrogens with one attached hydrogen (secondary N) is 1. The van der Waals surface area contributed by atoms with E-state index in [1.807, 2.05) is 70.2 Å². The van der Waals surface area contributed by atoms with Crippen LogP contribution < -0.4 is 5.48 Å². The number of hydrogen-bond donors (Lipinski definition) is 1. The van der Waals surface area contributed by atoms with Crippen molar-refractivity contribution in [2.75, 3.05) is 5.48 Å². The Bertz CT molecular complexity index is 783. The van der Waals surface area contributed by atoms with Gasteiger partial charge in [-0.1, -0.05) is 6.07 Å². The van der Waals surface area contributed by atoms with Gasteiger partial charge in [-0.15, -0.1) is 0 Å². The maximum atomic E-state index is 5.80. The molecule has 0 aliphatic carbocycles. The van der Waals surface area contributed by atoms with Crippen molar-refractivity contribution in [3.63, 3.8) is 0 Å². The zero-order chi connectivity index (χ0) is 15.7. The Kier molecular flexibility index (Phi) is 3.62. The number of anilines is 1. The lowest BCUT2D eigenvalue weighted by Gasteiger charge is -2.19. The Labute approximate surface area is 130 Å². The van der Waals surface area contributed by atoms with Gasteiger partial charge in [0.15, 0.2) is 5.58 Å². The Balaban J connectivity index is 1.82. The van der Waals surface area contributed by atoms with E-state index in [1.165, 1.54) is 5.56 Å². The molecule has 0 amide bonds. The van der Waals surface area contributed by atoms with Crippen molar-refractivity contribution in [1.29, 1.82) is 0 Å². The molecule has 0 saturated carbocycles. The van der Waals surface area contributed by atoms with Crippen LogP contribution in [-0.4, -0.2) is 10.6 Å². The van der Waals surface area contributed by atoms with Crippen molar-refractivity contribution in [3.05, 3.63) is 48.0 Å². The van der Waals surface area contributed by atoms with Gasteiger partial charge in [-0.05, 0) is 69.7 Å². The summed E-state index contributed by atoms with van der Waals surface area (Å²) in [6.07, 6.45) is 0. The van der Waals surface area contributed by atoms with E-state index in [-0.39, 0.29) is 5.60 Å². The molecule has 22 heavy (non-hydrogen) atoms. The Hall–Kier alpha value is -2.33. The summed E-state index contributed by atoms with van der Waals surface area (Å²) in [5.41, 5.74) is 7.40. The molecule has 4 nitrogen and oxygen atoms in total. The Morgan fingerprint density at radius 1 is 1.05 bits per heavy atom. The second kappa shape index (κ2) is 5.46. The minimum absolute atomic E-state index is 0.239. The topological polar surface area (TPSA) is 47.3 Å². The molecule has 0 bridgehead atoms. The first-order valence-corrected chi connectivity index (χ1v) is 7.32. The van der Waals surface area contributed by atoms with Crippen LogP contribution in [0.15, 0.2) is 46.9 Å². The van der Waals surface area contributed by atoms with Crippen LogP contribution in [0.25, 0.3) is 22.6 Å². The van der Waals surface area contributed by atoms with E-state index in [2.05, 4.69) is 10.5 Å². The van der Waals surface area contributed by atoms with Crippen molar-refractivity contribution in [2.24, 2.45) is 0 Å². The summed E-state index contributed by atoms with van der Waals surface area (Å²) in [4.78, 5) is 10.1. The molecule has 1 N–H and O–H groups in total. The standard InChI is InChI=1S/C18H20N2O2/c1-12-5-10-16-15(11-12)19-17(21-16)13-6-8-14(9-7-13)20-22-18(2,3)4/h5-11,20H,1-4H3. The lowest BCUT2D eigenvalue weighted by Crippen LogP contribution is -2.22. The first-order valence-electron chi connectivity index (χ1n) is 7.32. The molecule has 1 heterocycles. The lowest BCUT2D eigenvalue weighted by atomic mass is 10.2. The largest absolute Gasteiger partial charge is 0.436 e. The number of aryl methyl sites for hydroxylation is 1. The summed E-state index contributed by atoms with van der Waals surface area (Å²) in [5.74, 6) is 0.629. The van der Waals surface area contributed by atoms with Gasteiger partial charge in [0, 0.05) is 5.56 Å². The molecular weight excluding hydrogens is 276 g/mol. The predicted octanol–water partition coefficient (Wildman–Crippen LogP) is 4.95. The molecule has 2 aromatic carbocycles. The number of nitrogens with zero attached hydrogens (tertiary/aromatic N) is 1. The molecule has 0 spiro atoms. The first kappa shape index (κ1) is 14.6. The van der Waals surface area contributed by atoms with E-state index < -0.39 is 0 Å². The van der Waals surface area contributed by atoms with Crippen molar-refractivity contribution in [1.82, 2.24) is 4.98 Å². The summed E-state index contributed by atoms with van der Waals surface area (Å²) in [7, 11) is 0. The zero-order valence-corrected chi connectivity index (χ0v) is 13.3. The number of aromatic nitrogens is 1. The van der Waals surface area contributed by atoms with Crippen LogP contribution in [0.2, 0.25) is 0 Å². The van der Waals surface area contributed by atoms with Gasteiger partial charge in [0.2, 0.25) is 5.89 Å². The van der Waals surface area contributed by atoms with Crippen LogP contribution >= 0.6 is 0 Å². The van der Waals surface area contributed by atoms with Crippen LogP contribution in [-0.2, 0) is 4.84 Å². The minimum Gasteiger partial charge on any atom is -0.436 e. The molecule has 0 fully saturated rings. The van der Waals surface area contributed by atoms with Gasteiger partial charge in [0.25, 0.3) is 0 Å². The summed E-state index contributed by atoms with van der Waals surface area (Å²) in [5, 5.41) is 0. The zero-order valence-electron chi connectivity index (χ0n) is 13.3. The quantitative estimate of drug-likeness (QED) is 0.695. The average molecular weight is 296 g/mol. The van der Waals surface area contributed by atoms with Gasteiger partial charge in [-0.3, -0.25) is 10.3 Å². The molecule has 114 valence electrons. The number of hydrogen-bond acceptors (Lipinski definition) is 4. The number of fused-ring (bicyclic) bond motifs is 1. The van der Waals surface area contributed by atoms with E-state index in [0.29, 0.717) is 5.89 Å². The molecule has 0 saturated heterocycles. The fourth-order valence-electron chi connectivity index (χ4n) is 2.05. The van der Waals surface area contributed by atoms with Gasteiger partial charge < -0.3 is 4.42 Å². The highest BCUT2D eigenvalue weighted by Crippen LogP contribution is 2.26. The smallest absolute Gasteiger partial charge is 0.227 e. The van der Waals surface area contributed by atoms with Crippen molar-refractivity contribution in [3.8, 4) is 11.5 Å². The lowest BCUT2D eigenvalue weighted by molar-refractivity contribution is 0.0375. The molecule has 0 aliphatic rings. The van der Waals surface area contributed by atoms with Crippen LogP contribution in [0, 0.1) is 6.92 Å². The first-order chi connectivity index (χ1) is 10.4. The normalized spacial score (nSPS) is 11.8. The molecule has 1 aromatic heterocycles. The fraction of sp³-hybridized carbons (Fsp3) is 0.278. The van der Waals surface area contributed by atoms with Gasteiger partial charge in [-0.25, -0.2) is 4.98 Å². The third-order valence-electron chi connectivity index (χ3n) is 3.15. The Morgan fingerprint density at radius 2 is 1.77 bits per heavy atom. The van der Waals surface area contributed by atoms with Crippen molar-refractivity contribution < 1.29 is 9.25 Å². The van der Waals surface area contributed by atoms with Crippen LogP contribution in [0.4, 0.5) is 5.69 Å². The maximum absolute atomic E-state index is 5.80. The van der Waals surface area contributed by atoms with E-state index in [1.54, 1.807) is 0 Å². The van der Waals surface area contributed by atoms with Crippen LogP contribution in [0.3, 0.4) is 0 Å². The van der Waals surface area contributed by atoms with E-state index in [9.17, 15) is 0 Å². The van der Waals surface area contributed by atoms with Gasteiger partial charge in [0.1, 0.15) is 5.52 Å². The Morgan fingerprint density at radius 3 is 2.45 bits per heavy atom. The maximum Gasteiger partial charge on any atom is 0.227 e. The summed E-state index contributed by atoms with van der Waals surface area (Å²) in [6, 6.07) is 13.8. The third kappa shape index (κ3) is 3.28. The van der Waals surface area contributed by atoms with Crippen LogP contribution in [0.1, 0.15) is 26.3 Å². The molecule has 0 aliphatic heterocycles. The number of benzene rings is 2. The second-order valence-corrected chi connectivity index (χ2v) is 6.38. The second-order valence-electron chi connectivity index (χ2n) is 6.38. The van der Waals surface area contributed by atoms with E-state index in [0.717, 1.165) is 22.4 Å². The minimum atomic E-state index is -0.239. The molecule has 4 heteroatoms. The SMILES string of the molecule is Cc1ccc2oc(-c3ccc(NOC(C)(C)C)cc3)nc2c1. The molecule has 3 aromatic rings. The van der Waals surface area contributed by atoms with Crippen molar-refractivity contribution >= 4 is 16.8 Å². The number of rotatable bonds is 3. The van der Waals surface area contributed by atoms with Gasteiger partial charge in [0.05, 0.1) is 11.3 Å². The summed E-state index contributed by atoms with van der Waals surface area (Å²) in [6.45, 7) is 8.03. The van der Waals surface area contributed by atoms with Gasteiger partial charge >= 0.3 is 0 Å². The van der Waals surface area contributed by atoms with Gasteiger partial charge in [-0.2, -0.15) is 0 Å².